The number of imidazole rings is 1. The zero-order valence-corrected chi connectivity index (χ0v) is 12.8. The first kappa shape index (κ1) is 14.9. The third-order valence-electron chi connectivity index (χ3n) is 3.37. The van der Waals surface area contributed by atoms with E-state index in [0.717, 1.165) is 0 Å². The van der Waals surface area contributed by atoms with E-state index in [9.17, 15) is 13.2 Å². The Labute approximate surface area is 131 Å². The number of nitriles is 1. The van der Waals surface area contributed by atoms with Gasteiger partial charge in [0.1, 0.15) is 5.75 Å². The first-order chi connectivity index (χ1) is 11.0. The lowest BCUT2D eigenvalue weighted by Crippen LogP contribution is -2.25. The van der Waals surface area contributed by atoms with Gasteiger partial charge in [-0.25, -0.2) is 13.2 Å². The molecule has 2 aromatic carbocycles. The van der Waals surface area contributed by atoms with Gasteiger partial charge in [-0.1, -0.05) is 0 Å². The van der Waals surface area contributed by atoms with Gasteiger partial charge < -0.3 is 9.72 Å². The van der Waals surface area contributed by atoms with Crippen LogP contribution in [0.5, 0.6) is 5.75 Å². The molecule has 1 aromatic heterocycles. The second-order valence-electron chi connectivity index (χ2n) is 4.72. The fraction of sp³-hybridized carbons (Fsp3) is 0.0667. The molecule has 23 heavy (non-hydrogen) atoms. The van der Waals surface area contributed by atoms with Crippen molar-refractivity contribution in [2.24, 2.45) is 0 Å². The van der Waals surface area contributed by atoms with Gasteiger partial charge in [-0.2, -0.15) is 9.23 Å². The summed E-state index contributed by atoms with van der Waals surface area (Å²) in [4.78, 5) is 14.5. The van der Waals surface area contributed by atoms with Crippen molar-refractivity contribution in [2.75, 3.05) is 7.11 Å². The lowest BCUT2D eigenvalue weighted by molar-refractivity contribution is 0.414. The molecule has 0 atom stereocenters. The molecule has 3 rings (SSSR count). The van der Waals surface area contributed by atoms with E-state index >= 15 is 0 Å². The molecule has 0 amide bonds. The summed E-state index contributed by atoms with van der Waals surface area (Å²) in [5, 5.41) is 8.88. The van der Waals surface area contributed by atoms with Crippen LogP contribution < -0.4 is 10.4 Å². The quantitative estimate of drug-likeness (QED) is 0.783. The predicted octanol–water partition coefficient (Wildman–Crippen LogP) is 1.45. The molecule has 0 aliphatic rings. The number of fused-ring (bicyclic) bond motifs is 1. The van der Waals surface area contributed by atoms with Crippen LogP contribution in [0.15, 0.2) is 52.2 Å². The number of nitrogens with one attached hydrogen (secondary N) is 1. The van der Waals surface area contributed by atoms with E-state index in [0.29, 0.717) is 15.3 Å². The number of H-pyrrole nitrogens is 1. The maximum absolute atomic E-state index is 12.7. The minimum atomic E-state index is -4.06. The molecule has 0 radical (unpaired) electrons. The largest absolute Gasteiger partial charge is 0.497 e. The van der Waals surface area contributed by atoms with Crippen LogP contribution in [0.2, 0.25) is 0 Å². The maximum atomic E-state index is 12.7. The first-order valence-corrected chi connectivity index (χ1v) is 7.96. The second kappa shape index (κ2) is 5.30. The van der Waals surface area contributed by atoms with Crippen molar-refractivity contribution < 1.29 is 13.2 Å². The second-order valence-corrected chi connectivity index (χ2v) is 6.51. The van der Waals surface area contributed by atoms with E-state index in [1.165, 1.54) is 49.6 Å². The number of hydrogen-bond acceptors (Lipinski definition) is 5. The molecule has 0 aliphatic heterocycles. The smallest absolute Gasteiger partial charge is 0.340 e. The van der Waals surface area contributed by atoms with E-state index in [4.69, 9.17) is 10.00 Å². The molecule has 0 unspecified atom stereocenters. The van der Waals surface area contributed by atoms with Crippen molar-refractivity contribution in [3.63, 3.8) is 0 Å². The van der Waals surface area contributed by atoms with Gasteiger partial charge in [0, 0.05) is 0 Å². The molecule has 0 fully saturated rings. The third kappa shape index (κ3) is 2.37. The van der Waals surface area contributed by atoms with Crippen LogP contribution in [-0.4, -0.2) is 24.5 Å². The van der Waals surface area contributed by atoms with Crippen molar-refractivity contribution in [3.8, 4) is 11.8 Å². The molecular weight excluding hydrogens is 318 g/mol. The summed E-state index contributed by atoms with van der Waals surface area (Å²) in [6, 6.07) is 12.0. The number of hydrogen-bond donors (Lipinski definition) is 1. The van der Waals surface area contributed by atoms with Gasteiger partial charge in [0.15, 0.2) is 0 Å². The Bertz CT molecular complexity index is 1090. The molecule has 8 heteroatoms. The zero-order chi connectivity index (χ0) is 16.6. The lowest BCUT2D eigenvalue weighted by Gasteiger charge is -2.06. The molecule has 0 saturated heterocycles. The van der Waals surface area contributed by atoms with Gasteiger partial charge in [0.25, 0.3) is 10.0 Å². The summed E-state index contributed by atoms with van der Waals surface area (Å²) in [5.41, 5.74) is 0.00890. The Kier molecular flexibility index (Phi) is 3.42. The molecular formula is C15H11N3O4S. The van der Waals surface area contributed by atoms with Crippen molar-refractivity contribution >= 4 is 21.1 Å². The molecule has 0 saturated carbocycles. The summed E-state index contributed by atoms with van der Waals surface area (Å²) in [6.45, 7) is 0. The number of ether oxygens (including phenoxy) is 1. The number of aromatic amines is 1. The van der Waals surface area contributed by atoms with E-state index in [-0.39, 0.29) is 15.9 Å². The summed E-state index contributed by atoms with van der Waals surface area (Å²) >= 11 is 0. The Balaban J connectivity index is 2.24. The molecule has 7 nitrogen and oxygen atoms in total. The summed E-state index contributed by atoms with van der Waals surface area (Å²) in [6.07, 6.45) is 0. The van der Waals surface area contributed by atoms with Gasteiger partial charge in [-0.15, -0.1) is 0 Å². The Hall–Kier alpha value is -3.05. The highest BCUT2D eigenvalue weighted by Crippen LogP contribution is 2.21. The van der Waals surface area contributed by atoms with Gasteiger partial charge >= 0.3 is 5.69 Å². The average Bonchev–Trinajstić information content (AvgIpc) is 2.90. The third-order valence-corrected chi connectivity index (χ3v) is 5.08. The highest BCUT2D eigenvalue weighted by molar-refractivity contribution is 7.90. The highest BCUT2D eigenvalue weighted by Gasteiger charge is 2.22. The predicted molar refractivity (Wildman–Crippen MR) is 82.9 cm³/mol. The SMILES string of the molecule is COc1ccc(S(=O)(=O)n2c(=O)[nH]c3cc(C#N)ccc32)cc1. The molecule has 3 aromatic rings. The van der Waals surface area contributed by atoms with Crippen molar-refractivity contribution in [1.29, 1.82) is 5.26 Å². The van der Waals surface area contributed by atoms with Crippen LogP contribution in [0.25, 0.3) is 11.0 Å². The lowest BCUT2D eigenvalue weighted by atomic mass is 10.2. The molecule has 116 valence electrons. The van der Waals surface area contributed by atoms with Gasteiger partial charge in [0.05, 0.1) is 34.7 Å². The van der Waals surface area contributed by atoms with Crippen molar-refractivity contribution in [3.05, 3.63) is 58.5 Å². The molecule has 1 heterocycles. The summed E-state index contributed by atoms with van der Waals surface area (Å²) < 4.78 is 31.1. The normalized spacial score (nSPS) is 11.3. The van der Waals surface area contributed by atoms with Gasteiger partial charge in [-0.05, 0) is 42.5 Å². The van der Waals surface area contributed by atoms with E-state index < -0.39 is 15.7 Å². The Morgan fingerprint density at radius 3 is 2.48 bits per heavy atom. The van der Waals surface area contributed by atoms with Crippen LogP contribution in [0, 0.1) is 11.3 Å². The summed E-state index contributed by atoms with van der Waals surface area (Å²) in [7, 11) is -2.59. The summed E-state index contributed by atoms with van der Waals surface area (Å²) in [5.74, 6) is 0.508. The highest BCUT2D eigenvalue weighted by atomic mass is 32.2. The van der Waals surface area contributed by atoms with Crippen LogP contribution >= 0.6 is 0 Å². The van der Waals surface area contributed by atoms with Crippen LogP contribution in [-0.2, 0) is 10.0 Å². The number of nitrogens with zero attached hydrogens (tertiary/aromatic N) is 2. The Morgan fingerprint density at radius 2 is 1.87 bits per heavy atom. The van der Waals surface area contributed by atoms with Crippen LogP contribution in [0.1, 0.15) is 5.56 Å². The molecule has 1 N–H and O–H groups in total. The van der Waals surface area contributed by atoms with Crippen LogP contribution in [0.3, 0.4) is 0 Å². The number of benzene rings is 2. The topological polar surface area (TPSA) is 105 Å². The van der Waals surface area contributed by atoms with Gasteiger partial charge in [0.2, 0.25) is 0 Å². The van der Waals surface area contributed by atoms with E-state index in [1.807, 2.05) is 6.07 Å². The molecule has 0 spiro atoms. The Morgan fingerprint density at radius 1 is 1.17 bits per heavy atom. The maximum Gasteiger partial charge on any atom is 0.340 e. The van der Waals surface area contributed by atoms with Gasteiger partial charge in [-0.3, -0.25) is 0 Å². The number of methoxy groups -OCH3 is 1. The fourth-order valence-electron chi connectivity index (χ4n) is 2.25. The molecule has 0 aliphatic carbocycles. The fourth-order valence-corrected chi connectivity index (χ4v) is 3.62. The number of rotatable bonds is 3. The average molecular weight is 329 g/mol. The first-order valence-electron chi connectivity index (χ1n) is 6.52. The van der Waals surface area contributed by atoms with E-state index in [1.54, 1.807) is 0 Å². The van der Waals surface area contributed by atoms with Crippen LogP contribution in [0.4, 0.5) is 0 Å². The minimum Gasteiger partial charge on any atom is -0.497 e. The standard InChI is InChI=1S/C15H11N3O4S/c1-22-11-3-5-12(6-4-11)23(20,21)18-14-7-2-10(9-16)8-13(14)17-15(18)19/h2-8H,1H3,(H,17,19). The zero-order valence-electron chi connectivity index (χ0n) is 12.0. The minimum absolute atomic E-state index is 0.0364. The monoisotopic (exact) mass is 329 g/mol. The number of aromatic nitrogens is 2. The van der Waals surface area contributed by atoms with E-state index in [2.05, 4.69) is 4.98 Å². The van der Waals surface area contributed by atoms with Crippen molar-refractivity contribution in [1.82, 2.24) is 8.96 Å². The van der Waals surface area contributed by atoms with Crippen molar-refractivity contribution in [2.45, 2.75) is 4.90 Å². The molecule has 0 bridgehead atoms.